The van der Waals surface area contributed by atoms with Crippen molar-refractivity contribution in [1.29, 1.82) is 0 Å². The number of rotatable bonds is 9. The molecule has 8 nitrogen and oxygen atoms in total. The molecule has 0 radical (unpaired) electrons. The van der Waals surface area contributed by atoms with Gasteiger partial charge in [-0.25, -0.2) is 4.79 Å². The van der Waals surface area contributed by atoms with Crippen LogP contribution in [0.25, 0.3) is 0 Å². The first kappa shape index (κ1) is 23.0. The molecule has 0 aromatic rings. The molecule has 0 aliphatic rings. The lowest BCUT2D eigenvalue weighted by Gasteiger charge is -2.19. The van der Waals surface area contributed by atoms with Gasteiger partial charge in [0.05, 0.1) is 0 Å². The average Bonchev–Trinajstić information content (AvgIpc) is 2.44. The van der Waals surface area contributed by atoms with E-state index in [1.54, 1.807) is 0 Å². The van der Waals surface area contributed by atoms with Gasteiger partial charge in [-0.15, -0.1) is 0 Å². The van der Waals surface area contributed by atoms with Crippen LogP contribution in [0, 0.1) is 0 Å². The topological polar surface area (TPSA) is 104 Å². The van der Waals surface area contributed by atoms with Gasteiger partial charge >= 0.3 is 6.09 Å². The Morgan fingerprint density at radius 2 is 1.76 bits per heavy atom. The van der Waals surface area contributed by atoms with Crippen molar-refractivity contribution in [3.8, 4) is 0 Å². The van der Waals surface area contributed by atoms with Crippen LogP contribution in [0.1, 0.15) is 54.4 Å². The van der Waals surface area contributed by atoms with Crippen LogP contribution in [-0.2, 0) is 9.53 Å². The van der Waals surface area contributed by atoms with Gasteiger partial charge in [0.1, 0.15) is 5.60 Å². The number of carbonyl (C=O) groups excluding carboxylic acids is 2. The molecule has 8 heteroatoms. The number of aliphatic imine (C=N–C) groups is 1. The fourth-order valence-electron chi connectivity index (χ4n) is 1.80. The van der Waals surface area contributed by atoms with Crippen molar-refractivity contribution in [2.75, 3.05) is 26.2 Å². The molecule has 2 amide bonds. The Morgan fingerprint density at radius 1 is 1.08 bits per heavy atom. The normalized spacial score (nSPS) is 11.9. The Balaban J connectivity index is 4.03. The molecule has 0 aliphatic heterocycles. The first-order valence-electron chi connectivity index (χ1n) is 8.92. The number of carbonyl (C=O) groups is 2. The number of guanidine groups is 1. The third kappa shape index (κ3) is 15.3. The number of alkyl carbamates (subject to hydrolysis) is 1. The fourth-order valence-corrected chi connectivity index (χ4v) is 1.80. The van der Waals surface area contributed by atoms with Crippen molar-refractivity contribution in [2.45, 2.75) is 66.0 Å². The zero-order valence-electron chi connectivity index (χ0n) is 16.5. The predicted molar refractivity (Wildman–Crippen MR) is 101 cm³/mol. The largest absolute Gasteiger partial charge is 0.444 e. The van der Waals surface area contributed by atoms with Crippen molar-refractivity contribution in [3.05, 3.63) is 0 Å². The summed E-state index contributed by atoms with van der Waals surface area (Å²) >= 11 is 0. The third-order valence-electron chi connectivity index (χ3n) is 2.71. The Bertz CT molecular complexity index is 430. The maximum absolute atomic E-state index is 11.6. The summed E-state index contributed by atoms with van der Waals surface area (Å²) in [5.74, 6) is 0.678. The second kappa shape index (κ2) is 12.4. The second-order valence-electron chi connectivity index (χ2n) is 6.94. The van der Waals surface area contributed by atoms with Crippen molar-refractivity contribution >= 4 is 18.0 Å². The molecular weight excluding hydrogens is 322 g/mol. The molecule has 0 aromatic heterocycles. The van der Waals surface area contributed by atoms with E-state index in [2.05, 4.69) is 26.3 Å². The summed E-state index contributed by atoms with van der Waals surface area (Å²) in [4.78, 5) is 27.5. The van der Waals surface area contributed by atoms with Crippen molar-refractivity contribution in [1.82, 2.24) is 21.3 Å². The molecule has 0 bridgehead atoms. The number of nitrogens with zero attached hydrogens (tertiary/aromatic N) is 1. The molecule has 25 heavy (non-hydrogen) atoms. The highest BCUT2D eigenvalue weighted by Gasteiger charge is 2.15. The molecule has 0 aromatic carbocycles. The Hall–Kier alpha value is -1.99. The van der Waals surface area contributed by atoms with Crippen LogP contribution in [-0.4, -0.2) is 55.8 Å². The van der Waals surface area contributed by atoms with E-state index in [4.69, 9.17) is 4.74 Å². The van der Waals surface area contributed by atoms with E-state index in [0.717, 1.165) is 6.54 Å². The lowest BCUT2D eigenvalue weighted by atomic mass is 10.2. The highest BCUT2D eigenvalue weighted by molar-refractivity contribution is 5.81. The molecule has 0 aliphatic carbocycles. The minimum atomic E-state index is -0.494. The SMILES string of the molecule is CCNC(=NCCCNC(=O)OC(C)(C)C)NCCC(=O)NC(C)C. The average molecular weight is 357 g/mol. The van der Waals surface area contributed by atoms with Gasteiger partial charge < -0.3 is 26.0 Å². The van der Waals surface area contributed by atoms with E-state index in [0.29, 0.717) is 38.4 Å². The number of ether oxygens (including phenoxy) is 1. The zero-order chi connectivity index (χ0) is 19.3. The fraction of sp³-hybridized carbons (Fsp3) is 0.824. The van der Waals surface area contributed by atoms with Crippen LogP contribution in [0.2, 0.25) is 0 Å². The molecular formula is C17H35N5O3. The molecule has 0 rings (SSSR count). The van der Waals surface area contributed by atoms with Gasteiger partial charge in [0.25, 0.3) is 0 Å². The van der Waals surface area contributed by atoms with E-state index < -0.39 is 11.7 Å². The maximum Gasteiger partial charge on any atom is 0.407 e. The van der Waals surface area contributed by atoms with E-state index in [9.17, 15) is 9.59 Å². The van der Waals surface area contributed by atoms with Gasteiger partial charge in [-0.2, -0.15) is 0 Å². The molecule has 0 saturated heterocycles. The third-order valence-corrected chi connectivity index (χ3v) is 2.71. The quantitative estimate of drug-likeness (QED) is 0.283. The molecule has 0 heterocycles. The van der Waals surface area contributed by atoms with Crippen LogP contribution < -0.4 is 21.3 Å². The highest BCUT2D eigenvalue weighted by Crippen LogP contribution is 2.06. The Labute approximate surface area is 151 Å². The number of amides is 2. The van der Waals surface area contributed by atoms with Gasteiger partial charge in [-0.1, -0.05) is 0 Å². The summed E-state index contributed by atoms with van der Waals surface area (Å²) in [6.07, 6.45) is 0.671. The smallest absolute Gasteiger partial charge is 0.407 e. The minimum absolute atomic E-state index is 0.0138. The molecule has 0 spiro atoms. The molecule has 0 saturated carbocycles. The summed E-state index contributed by atoms with van der Waals surface area (Å²) in [7, 11) is 0. The lowest BCUT2D eigenvalue weighted by molar-refractivity contribution is -0.121. The van der Waals surface area contributed by atoms with Gasteiger partial charge in [0.15, 0.2) is 5.96 Å². The van der Waals surface area contributed by atoms with Crippen LogP contribution >= 0.6 is 0 Å². The standard InChI is InChI=1S/C17H35N5O3/c1-7-18-15(20-12-9-14(23)22-13(2)3)19-10-8-11-21-16(24)25-17(4,5)6/h13H,7-12H2,1-6H3,(H,21,24)(H,22,23)(H2,18,19,20). The van der Waals surface area contributed by atoms with Crippen LogP contribution in [0.15, 0.2) is 4.99 Å². The van der Waals surface area contributed by atoms with Crippen LogP contribution in [0.3, 0.4) is 0 Å². The van der Waals surface area contributed by atoms with Crippen molar-refractivity contribution < 1.29 is 14.3 Å². The summed E-state index contributed by atoms with van der Waals surface area (Å²) in [6.45, 7) is 13.6. The molecule has 0 fully saturated rings. The first-order chi connectivity index (χ1) is 11.6. The first-order valence-corrected chi connectivity index (χ1v) is 8.92. The second-order valence-corrected chi connectivity index (χ2v) is 6.94. The zero-order valence-corrected chi connectivity index (χ0v) is 16.5. The number of hydrogen-bond acceptors (Lipinski definition) is 4. The van der Waals surface area contributed by atoms with E-state index in [-0.39, 0.29) is 11.9 Å². The summed E-state index contributed by atoms with van der Waals surface area (Å²) < 4.78 is 5.16. The minimum Gasteiger partial charge on any atom is -0.444 e. The number of hydrogen-bond donors (Lipinski definition) is 4. The van der Waals surface area contributed by atoms with Gasteiger partial charge in [-0.3, -0.25) is 9.79 Å². The van der Waals surface area contributed by atoms with E-state index in [1.807, 2.05) is 41.5 Å². The van der Waals surface area contributed by atoms with Gasteiger partial charge in [0, 0.05) is 38.6 Å². The maximum atomic E-state index is 11.6. The molecule has 146 valence electrons. The molecule has 4 N–H and O–H groups in total. The van der Waals surface area contributed by atoms with E-state index in [1.165, 1.54) is 0 Å². The van der Waals surface area contributed by atoms with Gasteiger partial charge in [0.2, 0.25) is 5.91 Å². The predicted octanol–water partition coefficient (Wildman–Crippen LogP) is 1.37. The van der Waals surface area contributed by atoms with Crippen molar-refractivity contribution in [3.63, 3.8) is 0 Å². The van der Waals surface area contributed by atoms with Crippen molar-refractivity contribution in [2.24, 2.45) is 4.99 Å². The summed E-state index contributed by atoms with van der Waals surface area (Å²) in [6, 6.07) is 0.145. The Kier molecular flexibility index (Phi) is 11.4. The molecule has 0 unspecified atom stereocenters. The summed E-state index contributed by atoms with van der Waals surface area (Å²) in [5.41, 5.74) is -0.494. The molecule has 0 atom stereocenters. The number of nitrogens with one attached hydrogen (secondary N) is 4. The van der Waals surface area contributed by atoms with Gasteiger partial charge in [-0.05, 0) is 48.0 Å². The monoisotopic (exact) mass is 357 g/mol. The highest BCUT2D eigenvalue weighted by atomic mass is 16.6. The lowest BCUT2D eigenvalue weighted by Crippen LogP contribution is -2.40. The van der Waals surface area contributed by atoms with Crippen LogP contribution in [0.5, 0.6) is 0 Å². The Morgan fingerprint density at radius 3 is 2.32 bits per heavy atom. The van der Waals surface area contributed by atoms with E-state index >= 15 is 0 Å². The van der Waals surface area contributed by atoms with Crippen LogP contribution in [0.4, 0.5) is 4.79 Å². The summed E-state index contributed by atoms with van der Waals surface area (Å²) in [5, 5.41) is 11.8.